The minimum atomic E-state index is 0.228. The van der Waals surface area contributed by atoms with Gasteiger partial charge in [-0.15, -0.1) is 0 Å². The molecule has 0 saturated heterocycles. The van der Waals surface area contributed by atoms with Gasteiger partial charge >= 0.3 is 0 Å². The van der Waals surface area contributed by atoms with Crippen molar-refractivity contribution in [3.63, 3.8) is 0 Å². The van der Waals surface area contributed by atoms with E-state index in [1.54, 1.807) is 0 Å². The predicted octanol–water partition coefficient (Wildman–Crippen LogP) is 5.19. The van der Waals surface area contributed by atoms with Gasteiger partial charge < -0.3 is 0 Å². The van der Waals surface area contributed by atoms with E-state index in [1.807, 2.05) is 0 Å². The zero-order chi connectivity index (χ0) is 12.0. The molecule has 1 rings (SSSR count). The van der Waals surface area contributed by atoms with Gasteiger partial charge in [0.05, 0.1) is 0 Å². The lowest BCUT2D eigenvalue weighted by Crippen LogP contribution is -2.12. The van der Waals surface area contributed by atoms with Gasteiger partial charge in [0.2, 0.25) is 0 Å². The molecule has 0 aliphatic heterocycles. The van der Waals surface area contributed by atoms with E-state index < -0.39 is 0 Å². The van der Waals surface area contributed by atoms with Gasteiger partial charge in [-0.05, 0) is 23.0 Å². The number of unbranched alkanes of at least 4 members (excludes halogenated alkanes) is 2. The van der Waals surface area contributed by atoms with Crippen molar-refractivity contribution in [3.05, 3.63) is 41.5 Å². The Morgan fingerprint density at radius 3 is 2.44 bits per heavy atom. The fraction of sp³-hybridized carbons (Fsp3) is 0.500. The molecule has 88 valence electrons. The number of hydrogen-bond donors (Lipinski definition) is 0. The highest BCUT2D eigenvalue weighted by atomic mass is 14.2. The Labute approximate surface area is 100 Å². The van der Waals surface area contributed by atoms with E-state index in [4.69, 9.17) is 0 Å². The van der Waals surface area contributed by atoms with E-state index in [2.05, 4.69) is 64.1 Å². The highest BCUT2D eigenvalue weighted by Gasteiger charge is 2.15. The summed E-state index contributed by atoms with van der Waals surface area (Å²) >= 11 is 0. The molecule has 0 atom stereocenters. The lowest BCUT2D eigenvalue weighted by atomic mass is 9.83. The Morgan fingerprint density at radius 2 is 1.81 bits per heavy atom. The third-order valence-corrected chi connectivity index (χ3v) is 2.79. The summed E-state index contributed by atoms with van der Waals surface area (Å²) in [4.78, 5) is 0. The number of benzene rings is 1. The molecule has 16 heavy (non-hydrogen) atoms. The molecule has 0 saturated carbocycles. The molecule has 1 aromatic rings. The highest BCUT2D eigenvalue weighted by Crippen LogP contribution is 2.26. The molecule has 0 amide bonds. The molecule has 0 bridgehead atoms. The molecule has 0 heterocycles. The third-order valence-electron chi connectivity index (χ3n) is 2.79. The predicted molar refractivity (Wildman–Crippen MR) is 73.7 cm³/mol. The third kappa shape index (κ3) is 3.84. The normalized spacial score (nSPS) is 12.2. The molecule has 0 spiro atoms. The van der Waals surface area contributed by atoms with Crippen LogP contribution in [0.1, 0.15) is 58.1 Å². The summed E-state index contributed by atoms with van der Waals surface area (Å²) in [6.45, 7) is 9.04. The van der Waals surface area contributed by atoms with Crippen LogP contribution < -0.4 is 0 Å². The quantitative estimate of drug-likeness (QED) is 0.608. The Hall–Kier alpha value is -1.04. The molecule has 0 nitrogen and oxygen atoms in total. The van der Waals surface area contributed by atoms with Gasteiger partial charge in [0, 0.05) is 0 Å². The van der Waals surface area contributed by atoms with Gasteiger partial charge in [0.1, 0.15) is 0 Å². The SMILES string of the molecule is CCCC/C=C/c1ccccc1C(C)(C)C. The number of rotatable bonds is 4. The van der Waals surface area contributed by atoms with Crippen LogP contribution in [0.5, 0.6) is 0 Å². The van der Waals surface area contributed by atoms with Crippen LogP contribution in [0.2, 0.25) is 0 Å². The van der Waals surface area contributed by atoms with Crippen molar-refractivity contribution < 1.29 is 0 Å². The second-order valence-electron chi connectivity index (χ2n) is 5.38. The lowest BCUT2D eigenvalue weighted by Gasteiger charge is -2.21. The smallest absolute Gasteiger partial charge is 0.0126 e. The maximum absolute atomic E-state index is 2.30. The first-order chi connectivity index (χ1) is 7.55. The van der Waals surface area contributed by atoms with Gasteiger partial charge in [-0.3, -0.25) is 0 Å². The van der Waals surface area contributed by atoms with E-state index >= 15 is 0 Å². The standard InChI is InChI=1S/C16H24/c1-5-6-7-8-11-14-12-9-10-13-15(14)16(2,3)4/h8-13H,5-7H2,1-4H3/b11-8+. The van der Waals surface area contributed by atoms with Crippen LogP contribution in [0.3, 0.4) is 0 Å². The summed E-state index contributed by atoms with van der Waals surface area (Å²) in [6, 6.07) is 8.70. The topological polar surface area (TPSA) is 0 Å². The van der Waals surface area contributed by atoms with Crippen LogP contribution in [0.25, 0.3) is 6.08 Å². The van der Waals surface area contributed by atoms with E-state index in [1.165, 1.54) is 30.4 Å². The molecule has 0 fully saturated rings. The van der Waals surface area contributed by atoms with Crippen molar-refractivity contribution in [2.24, 2.45) is 0 Å². The molecule has 0 unspecified atom stereocenters. The van der Waals surface area contributed by atoms with Crippen LogP contribution in [0, 0.1) is 0 Å². The highest BCUT2D eigenvalue weighted by molar-refractivity contribution is 5.55. The summed E-state index contributed by atoms with van der Waals surface area (Å²) in [7, 11) is 0. The molecule has 0 aromatic heterocycles. The number of allylic oxidation sites excluding steroid dienone is 1. The molecular formula is C16H24. The first-order valence-electron chi connectivity index (χ1n) is 6.31. The lowest BCUT2D eigenvalue weighted by molar-refractivity contribution is 0.589. The van der Waals surface area contributed by atoms with Crippen molar-refractivity contribution in [2.75, 3.05) is 0 Å². The second-order valence-corrected chi connectivity index (χ2v) is 5.38. The summed E-state index contributed by atoms with van der Waals surface area (Å²) in [5.74, 6) is 0. The van der Waals surface area contributed by atoms with E-state index in [9.17, 15) is 0 Å². The molecule has 0 radical (unpaired) electrons. The van der Waals surface area contributed by atoms with E-state index in [0.717, 1.165) is 0 Å². The largest absolute Gasteiger partial charge is 0.0839 e. The fourth-order valence-corrected chi connectivity index (χ4v) is 1.86. The minimum absolute atomic E-state index is 0.228. The Kier molecular flexibility index (Phi) is 4.79. The van der Waals surface area contributed by atoms with Gasteiger partial charge in [-0.2, -0.15) is 0 Å². The molecule has 0 N–H and O–H groups in total. The molecule has 0 aliphatic rings. The fourth-order valence-electron chi connectivity index (χ4n) is 1.86. The zero-order valence-electron chi connectivity index (χ0n) is 11.1. The van der Waals surface area contributed by atoms with Crippen molar-refractivity contribution in [3.8, 4) is 0 Å². The maximum Gasteiger partial charge on any atom is -0.0126 e. The average Bonchev–Trinajstić information content (AvgIpc) is 2.24. The van der Waals surface area contributed by atoms with E-state index in [0.29, 0.717) is 0 Å². The Balaban J connectivity index is 2.83. The summed E-state index contributed by atoms with van der Waals surface area (Å²) < 4.78 is 0. The summed E-state index contributed by atoms with van der Waals surface area (Å²) in [6.07, 6.45) is 8.32. The average molecular weight is 216 g/mol. The Bertz CT molecular complexity index is 339. The van der Waals surface area contributed by atoms with Crippen LogP contribution in [-0.4, -0.2) is 0 Å². The van der Waals surface area contributed by atoms with Crippen molar-refractivity contribution in [2.45, 2.75) is 52.4 Å². The first kappa shape index (κ1) is 13.0. The van der Waals surface area contributed by atoms with Crippen LogP contribution >= 0.6 is 0 Å². The van der Waals surface area contributed by atoms with Crippen molar-refractivity contribution in [1.29, 1.82) is 0 Å². The van der Waals surface area contributed by atoms with Gasteiger partial charge in [0.25, 0.3) is 0 Å². The van der Waals surface area contributed by atoms with Crippen LogP contribution in [0.15, 0.2) is 30.3 Å². The molecular weight excluding hydrogens is 192 g/mol. The Morgan fingerprint density at radius 1 is 1.12 bits per heavy atom. The number of hydrogen-bond acceptors (Lipinski definition) is 0. The zero-order valence-corrected chi connectivity index (χ0v) is 11.1. The monoisotopic (exact) mass is 216 g/mol. The molecule has 0 heteroatoms. The van der Waals surface area contributed by atoms with E-state index in [-0.39, 0.29) is 5.41 Å². The molecule has 0 aliphatic carbocycles. The van der Waals surface area contributed by atoms with Gasteiger partial charge in [-0.1, -0.05) is 77.0 Å². The van der Waals surface area contributed by atoms with Crippen LogP contribution in [-0.2, 0) is 5.41 Å². The second kappa shape index (κ2) is 5.89. The minimum Gasteiger partial charge on any atom is -0.0839 e. The van der Waals surface area contributed by atoms with Crippen molar-refractivity contribution >= 4 is 6.08 Å². The first-order valence-corrected chi connectivity index (χ1v) is 6.31. The molecule has 1 aromatic carbocycles. The van der Waals surface area contributed by atoms with Gasteiger partial charge in [0.15, 0.2) is 0 Å². The van der Waals surface area contributed by atoms with Crippen molar-refractivity contribution in [1.82, 2.24) is 0 Å². The summed E-state index contributed by atoms with van der Waals surface area (Å²) in [5.41, 5.74) is 3.03. The summed E-state index contributed by atoms with van der Waals surface area (Å²) in [5, 5.41) is 0. The van der Waals surface area contributed by atoms with Gasteiger partial charge in [-0.25, -0.2) is 0 Å². The van der Waals surface area contributed by atoms with Crippen LogP contribution in [0.4, 0.5) is 0 Å². The maximum atomic E-state index is 2.30.